The Morgan fingerprint density at radius 2 is 1.49 bits per heavy atom. The minimum absolute atomic E-state index is 0.0846. The predicted octanol–water partition coefficient (Wildman–Crippen LogP) is 7.56. The molecule has 7 N–H and O–H groups in total. The zero-order valence-electron chi connectivity index (χ0n) is 39.2. The van der Waals surface area contributed by atoms with Crippen molar-refractivity contribution in [3.8, 4) is 28.7 Å². The Hall–Kier alpha value is -6.80. The van der Waals surface area contributed by atoms with Gasteiger partial charge in [0.2, 0.25) is 12.0 Å². The Labute approximate surface area is 422 Å². The molecule has 0 aromatic heterocycles. The molecule has 0 unspecified atom stereocenters. The van der Waals surface area contributed by atoms with Crippen molar-refractivity contribution < 1.29 is 44.3 Å². The first-order chi connectivity index (χ1) is 34.2. The van der Waals surface area contributed by atoms with Gasteiger partial charge in [0.25, 0.3) is 5.91 Å². The first kappa shape index (κ1) is 52.0. The average molecular weight is 1000 g/mol. The standard InChI is InChI=1S/C51H44Cl2N4O6.C4H11NO3/c1-3-44(36-7-5-4-6-8-36)57-29-39-27-47-45(56(2)50(59)48(63-47)37-18-20-40(21-19-37)62-30-33-13-22-41(52)42(53)23-33)25-38(39)26-46(57)49(58)55-43(51(60)61)24-31-9-14-34(15-10-31)35-16-11-32(28-54)12-17-35;5-4(1-6,2-7)3-8/h4-23,25,27,43-44,46,48H,3,24,26,29-30H2,1-2H3,(H,55,58)(H,60,61);6-8H,1-3,5H2/t43-,44-,46-,48+;/m0./s1. The van der Waals surface area contributed by atoms with Crippen molar-refractivity contribution in [3.63, 3.8) is 0 Å². The number of aliphatic carboxylic acids is 1. The van der Waals surface area contributed by atoms with E-state index in [4.69, 9.17) is 59.0 Å². The topological polar surface area (TPSA) is 219 Å². The molecular formula is C55H55Cl2N5O9. The Morgan fingerprint density at radius 1 is 0.859 bits per heavy atom. The molecule has 2 aliphatic rings. The maximum absolute atomic E-state index is 14.5. The number of ether oxygens (including phenoxy) is 2. The zero-order chi connectivity index (χ0) is 50.8. The Kier molecular flexibility index (Phi) is 17.2. The van der Waals surface area contributed by atoms with Gasteiger partial charge in [0.05, 0.1) is 58.8 Å². The van der Waals surface area contributed by atoms with Crippen molar-refractivity contribution in [2.75, 3.05) is 31.8 Å². The highest BCUT2D eigenvalue weighted by Gasteiger charge is 2.40. The summed E-state index contributed by atoms with van der Waals surface area (Å²) >= 11 is 12.2. The molecule has 0 saturated carbocycles. The van der Waals surface area contributed by atoms with Gasteiger partial charge in [-0.2, -0.15) is 5.26 Å². The minimum atomic E-state index is -1.21. The van der Waals surface area contributed by atoms with Crippen LogP contribution in [0.1, 0.15) is 64.4 Å². The fourth-order valence-electron chi connectivity index (χ4n) is 8.53. The van der Waals surface area contributed by atoms with Crippen molar-refractivity contribution in [2.45, 2.75) is 69.1 Å². The lowest BCUT2D eigenvalue weighted by Gasteiger charge is -2.42. The summed E-state index contributed by atoms with van der Waals surface area (Å²) in [5.74, 6) is -0.610. The molecule has 16 heteroatoms. The number of halogens is 2. The van der Waals surface area contributed by atoms with E-state index >= 15 is 0 Å². The van der Waals surface area contributed by atoms with Gasteiger partial charge in [0.1, 0.15) is 24.1 Å². The molecule has 4 atom stereocenters. The lowest BCUT2D eigenvalue weighted by atomic mass is 9.88. The van der Waals surface area contributed by atoms with Gasteiger partial charge in [-0.3, -0.25) is 14.5 Å². The molecule has 0 saturated heterocycles. The van der Waals surface area contributed by atoms with Crippen LogP contribution in [0.15, 0.2) is 133 Å². The lowest BCUT2D eigenvalue weighted by molar-refractivity contribution is -0.143. The molecule has 14 nitrogen and oxygen atoms in total. The molecule has 2 amide bonds. The number of carbonyl (C=O) groups is 3. The third-order valence-corrected chi connectivity index (χ3v) is 13.5. The first-order valence-corrected chi connectivity index (χ1v) is 23.7. The molecule has 0 spiro atoms. The second-order valence-corrected chi connectivity index (χ2v) is 18.5. The van der Waals surface area contributed by atoms with Crippen LogP contribution in [0.25, 0.3) is 11.1 Å². The van der Waals surface area contributed by atoms with Gasteiger partial charge in [0.15, 0.2) is 0 Å². The largest absolute Gasteiger partial charge is 0.489 e. The number of nitrogens with one attached hydrogen (secondary N) is 1. The number of amides is 2. The summed E-state index contributed by atoms with van der Waals surface area (Å²) in [6, 6.07) is 41.3. The summed E-state index contributed by atoms with van der Waals surface area (Å²) < 4.78 is 12.5. The van der Waals surface area contributed by atoms with Gasteiger partial charge in [-0.05, 0) is 100 Å². The molecule has 0 radical (unpaired) electrons. The van der Waals surface area contributed by atoms with Crippen LogP contribution < -0.4 is 25.4 Å². The molecule has 2 heterocycles. The minimum Gasteiger partial charge on any atom is -0.489 e. The van der Waals surface area contributed by atoms with E-state index in [1.165, 1.54) is 0 Å². The maximum Gasteiger partial charge on any atom is 0.326 e. The molecule has 0 fully saturated rings. The van der Waals surface area contributed by atoms with Crippen LogP contribution in [0.4, 0.5) is 5.69 Å². The summed E-state index contributed by atoms with van der Waals surface area (Å²) in [6.07, 6.45) is 0.181. The summed E-state index contributed by atoms with van der Waals surface area (Å²) in [7, 11) is 1.72. The second-order valence-electron chi connectivity index (χ2n) is 17.6. The molecule has 0 aliphatic carbocycles. The molecule has 6 aromatic carbocycles. The number of nitrogens with zero attached hydrogens (tertiary/aromatic N) is 3. The van der Waals surface area contributed by atoms with Gasteiger partial charge >= 0.3 is 5.97 Å². The third kappa shape index (κ3) is 12.4. The Morgan fingerprint density at radius 3 is 2.07 bits per heavy atom. The SMILES string of the molecule is CC[C@@H](c1ccccc1)N1Cc2cc3c(cc2C[C@H]1C(=O)N[C@@H](Cc1ccc(-c2ccc(C#N)cc2)cc1)C(=O)O)N(C)C(=O)[C@@H](c1ccc(OCc2ccc(Cl)c(Cl)c2)cc1)O3.NC(CO)(CO)CO. The number of carboxylic acids is 1. The summed E-state index contributed by atoms with van der Waals surface area (Å²) in [5, 5.41) is 48.4. The number of carboxylic acid groups (broad SMARTS) is 1. The van der Waals surface area contributed by atoms with Crippen molar-refractivity contribution in [3.05, 3.63) is 182 Å². The van der Waals surface area contributed by atoms with Gasteiger partial charge in [0, 0.05) is 31.6 Å². The molecule has 2 aliphatic heterocycles. The molecular weight excluding hydrogens is 946 g/mol. The van der Waals surface area contributed by atoms with E-state index in [1.807, 2.05) is 97.1 Å². The van der Waals surface area contributed by atoms with E-state index < -0.39 is 49.5 Å². The summed E-state index contributed by atoms with van der Waals surface area (Å²) in [6.45, 7) is 1.55. The Bertz CT molecular complexity index is 2850. The molecule has 0 bridgehead atoms. The van der Waals surface area contributed by atoms with Crippen LogP contribution in [0, 0.1) is 11.3 Å². The monoisotopic (exact) mass is 999 g/mol. The van der Waals surface area contributed by atoms with E-state index in [-0.39, 0.29) is 30.9 Å². The van der Waals surface area contributed by atoms with E-state index in [1.54, 1.807) is 48.3 Å². The number of fused-ring (bicyclic) bond motifs is 2. The molecule has 6 aromatic rings. The number of carbonyl (C=O) groups excluding carboxylic acids is 2. The van der Waals surface area contributed by atoms with Crippen LogP contribution >= 0.6 is 23.2 Å². The third-order valence-electron chi connectivity index (χ3n) is 12.8. The Balaban J connectivity index is 0.000000853. The van der Waals surface area contributed by atoms with E-state index in [2.05, 4.69) is 23.2 Å². The summed E-state index contributed by atoms with van der Waals surface area (Å²) in [5.41, 5.74) is 12.1. The van der Waals surface area contributed by atoms with Crippen LogP contribution in [0.2, 0.25) is 10.0 Å². The number of nitrogens with two attached hydrogens (primary N) is 1. The highest BCUT2D eigenvalue weighted by molar-refractivity contribution is 6.42. The van der Waals surface area contributed by atoms with Crippen molar-refractivity contribution in [1.82, 2.24) is 10.2 Å². The molecule has 71 heavy (non-hydrogen) atoms. The van der Waals surface area contributed by atoms with E-state index in [9.17, 15) is 19.5 Å². The molecule has 8 rings (SSSR count). The van der Waals surface area contributed by atoms with E-state index in [0.29, 0.717) is 57.7 Å². The molecule has 368 valence electrons. The number of aliphatic hydroxyl groups is 3. The second kappa shape index (κ2) is 23.4. The highest BCUT2D eigenvalue weighted by atomic mass is 35.5. The van der Waals surface area contributed by atoms with Crippen molar-refractivity contribution in [2.24, 2.45) is 5.73 Å². The maximum atomic E-state index is 14.5. The van der Waals surface area contributed by atoms with Gasteiger partial charge in [-0.25, -0.2) is 4.79 Å². The van der Waals surface area contributed by atoms with Crippen molar-refractivity contribution in [1.29, 1.82) is 5.26 Å². The van der Waals surface area contributed by atoms with Crippen LogP contribution in [0.5, 0.6) is 11.5 Å². The number of aliphatic hydroxyl groups excluding tert-OH is 3. The first-order valence-electron chi connectivity index (χ1n) is 23.0. The van der Waals surface area contributed by atoms with Gasteiger partial charge < -0.3 is 45.9 Å². The number of rotatable bonds is 16. The highest BCUT2D eigenvalue weighted by Crippen LogP contribution is 2.43. The number of nitriles is 1. The fraction of sp³-hybridized carbons (Fsp3) is 0.273. The number of likely N-dealkylation sites (N-methyl/N-ethyl adjacent to an activating group) is 1. The lowest BCUT2D eigenvalue weighted by Crippen LogP contribution is -2.55. The quantitative estimate of drug-likeness (QED) is 0.0554. The fourth-order valence-corrected chi connectivity index (χ4v) is 8.85. The average Bonchev–Trinajstić information content (AvgIpc) is 3.40. The van der Waals surface area contributed by atoms with Crippen LogP contribution in [-0.2, 0) is 40.4 Å². The normalized spacial score (nSPS) is 16.2. The smallest absolute Gasteiger partial charge is 0.326 e. The zero-order valence-corrected chi connectivity index (χ0v) is 40.7. The predicted molar refractivity (Wildman–Crippen MR) is 271 cm³/mol. The van der Waals surface area contributed by atoms with Gasteiger partial charge in [-0.15, -0.1) is 0 Å². The van der Waals surface area contributed by atoms with Crippen LogP contribution in [-0.4, -0.2) is 87.6 Å². The van der Waals surface area contributed by atoms with Crippen molar-refractivity contribution >= 4 is 46.7 Å². The summed E-state index contributed by atoms with van der Waals surface area (Å²) in [4.78, 5) is 44.8. The van der Waals surface area contributed by atoms with Gasteiger partial charge in [-0.1, -0.05) is 115 Å². The van der Waals surface area contributed by atoms with Crippen LogP contribution in [0.3, 0.4) is 0 Å². The number of benzene rings is 6. The number of anilines is 1. The number of hydrogen-bond donors (Lipinski definition) is 6. The van der Waals surface area contributed by atoms with E-state index in [0.717, 1.165) is 38.9 Å². The number of hydrogen-bond acceptors (Lipinski definition) is 11.